The number of rotatable bonds is 5. The molecule has 1 aromatic rings. The van der Waals surface area contributed by atoms with Crippen LogP contribution in [0.15, 0.2) is 24.3 Å². The molecule has 0 saturated carbocycles. The van der Waals surface area contributed by atoms with Crippen molar-refractivity contribution < 1.29 is 13.9 Å². The first-order valence-electron chi connectivity index (χ1n) is 8.79. The minimum Gasteiger partial charge on any atom is -0.463 e. The first kappa shape index (κ1) is 18.1. The van der Waals surface area contributed by atoms with Gasteiger partial charge < -0.3 is 4.74 Å². The fraction of sp³-hybridized carbons (Fsp3) is 0.632. The number of carbonyl (C=O) groups excluding carboxylic acids is 1. The number of fused-ring (bicyclic) bond motifs is 2. The van der Waals surface area contributed by atoms with Crippen molar-refractivity contribution in [2.75, 3.05) is 13.2 Å². The van der Waals surface area contributed by atoms with E-state index in [4.69, 9.17) is 4.74 Å². The van der Waals surface area contributed by atoms with Crippen LogP contribution in [0.1, 0.15) is 44.6 Å². The van der Waals surface area contributed by atoms with E-state index in [0.29, 0.717) is 12.6 Å². The molecule has 4 atom stereocenters. The number of carbonyl (C=O) groups is 1. The van der Waals surface area contributed by atoms with E-state index in [0.717, 1.165) is 19.3 Å². The first-order chi connectivity index (χ1) is 11.5. The lowest BCUT2D eigenvalue weighted by Crippen LogP contribution is -2.51. The summed E-state index contributed by atoms with van der Waals surface area (Å²) in [6, 6.07) is 8.94. The average Bonchev–Trinajstić information content (AvgIpc) is 2.79. The lowest BCUT2D eigenvalue weighted by atomic mass is 9.76. The molecule has 3 nitrogen and oxygen atoms in total. The van der Waals surface area contributed by atoms with E-state index in [1.807, 2.05) is 13.8 Å². The molecule has 1 aromatic carbocycles. The Morgan fingerprint density at radius 2 is 2.04 bits per heavy atom. The number of alkyl halides is 1. The van der Waals surface area contributed by atoms with Crippen molar-refractivity contribution in [1.29, 1.82) is 0 Å². The quantitative estimate of drug-likeness (QED) is 0.504. The highest BCUT2D eigenvalue weighted by Gasteiger charge is 2.50. The van der Waals surface area contributed by atoms with Crippen molar-refractivity contribution in [2.45, 2.75) is 57.2 Å². The van der Waals surface area contributed by atoms with Crippen molar-refractivity contribution in [3.8, 4) is 0 Å². The van der Waals surface area contributed by atoms with E-state index < -0.39 is 0 Å². The molecule has 5 heteroatoms. The van der Waals surface area contributed by atoms with Crippen LogP contribution in [-0.4, -0.2) is 42.3 Å². The summed E-state index contributed by atoms with van der Waals surface area (Å²) in [5, 5.41) is 0. The highest BCUT2D eigenvalue weighted by Crippen LogP contribution is 2.47. The number of hydrogen-bond donors (Lipinski definition) is 0. The van der Waals surface area contributed by atoms with Gasteiger partial charge in [0.15, 0.2) is 0 Å². The molecule has 24 heavy (non-hydrogen) atoms. The van der Waals surface area contributed by atoms with Gasteiger partial charge in [-0.1, -0.05) is 12.1 Å². The third kappa shape index (κ3) is 3.62. The zero-order valence-corrected chi connectivity index (χ0v) is 16.4. The van der Waals surface area contributed by atoms with Gasteiger partial charge in [-0.15, -0.1) is 0 Å². The van der Waals surface area contributed by atoms with Gasteiger partial charge in [-0.2, -0.15) is 0 Å². The lowest BCUT2D eigenvalue weighted by Gasteiger charge is -2.43. The number of halogens is 2. The molecule has 0 amide bonds. The Hall–Kier alpha value is -0.690. The molecule has 2 aliphatic heterocycles. The van der Waals surface area contributed by atoms with Crippen molar-refractivity contribution in [3.05, 3.63) is 33.4 Å². The molecule has 132 valence electrons. The molecular formula is C19H25FINO2. The number of esters is 1. The molecule has 0 unspecified atom stereocenters. The van der Waals surface area contributed by atoms with Gasteiger partial charge in [0.1, 0.15) is 6.67 Å². The van der Waals surface area contributed by atoms with Gasteiger partial charge in [-0.3, -0.25) is 9.69 Å². The van der Waals surface area contributed by atoms with Gasteiger partial charge in [0.2, 0.25) is 0 Å². The van der Waals surface area contributed by atoms with Gasteiger partial charge in [0, 0.05) is 28.1 Å². The Balaban J connectivity index is 1.91. The maximum absolute atomic E-state index is 13.0. The van der Waals surface area contributed by atoms with Crippen LogP contribution in [0.25, 0.3) is 0 Å². The molecule has 2 fully saturated rings. The number of benzene rings is 1. The predicted molar refractivity (Wildman–Crippen MR) is 101 cm³/mol. The van der Waals surface area contributed by atoms with Crippen LogP contribution in [0.2, 0.25) is 0 Å². The van der Waals surface area contributed by atoms with E-state index in [1.165, 1.54) is 9.13 Å². The standard InChI is InChI=1S/C19H25FINO2/c1-12(2)24-19(23)18-16(13-3-5-14(21)6-4-13)11-15-7-8-17(18)22(15)10-9-20/h3-6,12,15-18H,7-11H2,1-2H3/t15-,16+,17+,18-/m0/s1. The van der Waals surface area contributed by atoms with Crippen LogP contribution in [0.3, 0.4) is 0 Å². The largest absolute Gasteiger partial charge is 0.463 e. The second kappa shape index (κ2) is 7.68. The molecule has 3 rings (SSSR count). The molecule has 2 saturated heterocycles. The number of nitrogens with zero attached hydrogens (tertiary/aromatic N) is 1. The monoisotopic (exact) mass is 445 g/mol. The Morgan fingerprint density at radius 3 is 2.67 bits per heavy atom. The van der Waals surface area contributed by atoms with Crippen LogP contribution in [0.5, 0.6) is 0 Å². The minimum absolute atomic E-state index is 0.107. The second-order valence-corrected chi connectivity index (χ2v) is 8.38. The maximum Gasteiger partial charge on any atom is 0.311 e. The average molecular weight is 445 g/mol. The van der Waals surface area contributed by atoms with Gasteiger partial charge in [-0.05, 0) is 73.4 Å². The molecule has 0 spiro atoms. The summed E-state index contributed by atoms with van der Waals surface area (Å²) >= 11 is 2.30. The molecule has 2 bridgehead atoms. The van der Waals surface area contributed by atoms with E-state index in [2.05, 4.69) is 51.8 Å². The summed E-state index contributed by atoms with van der Waals surface area (Å²) in [5.41, 5.74) is 1.21. The van der Waals surface area contributed by atoms with Crippen molar-refractivity contribution in [3.63, 3.8) is 0 Å². The van der Waals surface area contributed by atoms with E-state index in [1.54, 1.807) is 0 Å². The summed E-state index contributed by atoms with van der Waals surface area (Å²) in [4.78, 5) is 15.1. The predicted octanol–water partition coefficient (Wildman–Crippen LogP) is 4.15. The molecular weight excluding hydrogens is 420 g/mol. The fourth-order valence-corrected chi connectivity index (χ4v) is 4.80. The van der Waals surface area contributed by atoms with E-state index in [9.17, 15) is 9.18 Å². The highest BCUT2D eigenvalue weighted by atomic mass is 127. The number of piperidine rings is 1. The Morgan fingerprint density at radius 1 is 1.33 bits per heavy atom. The fourth-order valence-electron chi connectivity index (χ4n) is 4.44. The van der Waals surface area contributed by atoms with Crippen LogP contribution in [0.4, 0.5) is 4.39 Å². The molecule has 0 N–H and O–H groups in total. The van der Waals surface area contributed by atoms with Crippen LogP contribution in [-0.2, 0) is 9.53 Å². The molecule has 0 aliphatic carbocycles. The Kier molecular flexibility index (Phi) is 5.80. The van der Waals surface area contributed by atoms with Crippen molar-refractivity contribution in [1.82, 2.24) is 4.90 Å². The van der Waals surface area contributed by atoms with Crippen LogP contribution < -0.4 is 0 Å². The zero-order chi connectivity index (χ0) is 17.3. The normalized spacial score (nSPS) is 29.9. The van der Waals surface area contributed by atoms with Gasteiger partial charge in [0.25, 0.3) is 0 Å². The summed E-state index contributed by atoms with van der Waals surface area (Å²) in [5.74, 6) is -0.151. The highest BCUT2D eigenvalue weighted by molar-refractivity contribution is 14.1. The number of ether oxygens (including phenoxy) is 1. The first-order valence-corrected chi connectivity index (χ1v) is 9.86. The SMILES string of the molecule is CC(C)OC(=O)[C@H]1[C@@H](c2ccc(I)cc2)C[C@@H]2CC[C@H]1N2CCF. The van der Waals surface area contributed by atoms with E-state index >= 15 is 0 Å². The van der Waals surface area contributed by atoms with Gasteiger partial charge >= 0.3 is 5.97 Å². The van der Waals surface area contributed by atoms with Crippen LogP contribution in [0, 0.1) is 9.49 Å². The summed E-state index contributed by atoms with van der Waals surface area (Å²) < 4.78 is 19.8. The minimum atomic E-state index is -0.354. The van der Waals surface area contributed by atoms with Crippen molar-refractivity contribution in [2.24, 2.45) is 5.92 Å². The second-order valence-electron chi connectivity index (χ2n) is 7.13. The van der Waals surface area contributed by atoms with Gasteiger partial charge in [-0.25, -0.2) is 4.39 Å². The maximum atomic E-state index is 13.0. The smallest absolute Gasteiger partial charge is 0.311 e. The van der Waals surface area contributed by atoms with E-state index in [-0.39, 0.29) is 36.6 Å². The molecule has 0 radical (unpaired) electrons. The third-order valence-electron chi connectivity index (χ3n) is 5.33. The summed E-state index contributed by atoms with van der Waals surface area (Å²) in [6.45, 7) is 3.85. The zero-order valence-electron chi connectivity index (χ0n) is 14.3. The third-order valence-corrected chi connectivity index (χ3v) is 6.05. The molecule has 2 aliphatic rings. The summed E-state index contributed by atoms with van der Waals surface area (Å²) in [7, 11) is 0. The Bertz CT molecular complexity index is 577. The topological polar surface area (TPSA) is 29.5 Å². The molecule has 0 aromatic heterocycles. The number of hydrogen-bond acceptors (Lipinski definition) is 3. The summed E-state index contributed by atoms with van der Waals surface area (Å²) in [6.07, 6.45) is 2.80. The molecule has 2 heterocycles. The Labute approximate surface area is 157 Å². The van der Waals surface area contributed by atoms with Crippen molar-refractivity contribution >= 4 is 28.6 Å². The van der Waals surface area contributed by atoms with Gasteiger partial charge in [0.05, 0.1) is 12.0 Å². The van der Waals surface area contributed by atoms with Crippen LogP contribution >= 0.6 is 22.6 Å². The lowest BCUT2D eigenvalue weighted by molar-refractivity contribution is -0.157.